The second-order valence-corrected chi connectivity index (χ2v) is 12.7. The number of amides is 1. The molecule has 0 unspecified atom stereocenters. The molecule has 2 N–H and O–H groups in total. The minimum Gasteiger partial charge on any atom is -0.497 e. The molecule has 0 aliphatic rings. The summed E-state index contributed by atoms with van der Waals surface area (Å²) in [4.78, 5) is 24.5. The highest BCUT2D eigenvalue weighted by Gasteiger charge is 2.18. The van der Waals surface area contributed by atoms with Crippen LogP contribution in [-0.2, 0) is 11.3 Å². The lowest BCUT2D eigenvalue weighted by Crippen LogP contribution is -2.24. The van der Waals surface area contributed by atoms with Gasteiger partial charge in [-0.3, -0.25) is 4.79 Å². The number of aliphatic carboxylic acids is 1. The predicted octanol–water partition coefficient (Wildman–Crippen LogP) is 9.83. The third-order valence-electron chi connectivity index (χ3n) is 8.39. The Morgan fingerprint density at radius 2 is 1.52 bits per heavy atom. The number of hydrogen-bond donors (Lipinski definition) is 2. The Morgan fingerprint density at radius 1 is 0.812 bits per heavy atom. The zero-order chi connectivity index (χ0) is 34.0. The summed E-state index contributed by atoms with van der Waals surface area (Å²) < 4.78 is 13.3. The van der Waals surface area contributed by atoms with Gasteiger partial charge in [-0.2, -0.15) is 0 Å². The molecule has 0 atom stereocenters. The van der Waals surface area contributed by atoms with Crippen molar-refractivity contribution >= 4 is 46.0 Å². The number of carboxylic acid groups (broad SMARTS) is 1. The Kier molecular flexibility index (Phi) is 12.0. The van der Waals surface area contributed by atoms with E-state index in [1.54, 1.807) is 19.2 Å². The minimum absolute atomic E-state index is 0.162. The fraction of sp³-hybridized carbons (Fsp3) is 0.282. The van der Waals surface area contributed by atoms with Crippen LogP contribution in [0.5, 0.6) is 11.5 Å². The number of benzene rings is 4. The number of carbonyl (C=O) groups is 2. The fourth-order valence-electron chi connectivity index (χ4n) is 5.97. The minimum atomic E-state index is -1.13. The van der Waals surface area contributed by atoms with Crippen molar-refractivity contribution in [1.29, 1.82) is 0 Å². The second-order valence-electron chi connectivity index (χ2n) is 11.8. The molecule has 5 rings (SSSR count). The number of rotatable bonds is 16. The lowest BCUT2D eigenvalue weighted by atomic mass is 9.97. The number of aromatic nitrogens is 1. The van der Waals surface area contributed by atoms with Crippen LogP contribution in [0.25, 0.3) is 33.2 Å². The maximum Gasteiger partial charge on any atom is 0.341 e. The Balaban J connectivity index is 1.14. The average Bonchev–Trinajstić information content (AvgIpc) is 3.40. The van der Waals surface area contributed by atoms with E-state index in [1.165, 1.54) is 22.7 Å². The van der Waals surface area contributed by atoms with Gasteiger partial charge in [-0.1, -0.05) is 79.2 Å². The van der Waals surface area contributed by atoms with E-state index in [1.807, 2.05) is 48.5 Å². The number of nitrogens with one attached hydrogen (secondary N) is 1. The van der Waals surface area contributed by atoms with Crippen LogP contribution in [0.1, 0.15) is 54.6 Å². The lowest BCUT2D eigenvalue weighted by molar-refractivity contribution is -0.139. The van der Waals surface area contributed by atoms with Gasteiger partial charge in [0.05, 0.1) is 12.1 Å². The number of hydrogen-bond acceptors (Lipinski definition) is 4. The monoisotopic (exact) mass is 686 g/mol. The highest BCUT2D eigenvalue weighted by atomic mass is 35.5. The largest absolute Gasteiger partial charge is 0.497 e. The smallest absolute Gasteiger partial charge is 0.341 e. The first kappa shape index (κ1) is 34.9. The SMILES string of the molecule is COc1ccc2c(c1)cc(C)n2CCCCCCCCNC(=O)c1cc(Cl)c(OCC(=O)O)c(-c2cccc(-c3cccc(Cl)c3)c2)c1. The summed E-state index contributed by atoms with van der Waals surface area (Å²) in [5.74, 6) is -0.293. The number of carbonyl (C=O) groups excluding carboxylic acids is 1. The molecule has 0 saturated carbocycles. The third kappa shape index (κ3) is 8.91. The van der Waals surface area contributed by atoms with Crippen molar-refractivity contribution in [1.82, 2.24) is 9.88 Å². The van der Waals surface area contributed by atoms with E-state index in [2.05, 4.69) is 35.0 Å². The first-order valence-electron chi connectivity index (χ1n) is 16.2. The van der Waals surface area contributed by atoms with Crippen LogP contribution >= 0.6 is 23.2 Å². The molecule has 4 aromatic carbocycles. The van der Waals surface area contributed by atoms with Crippen LogP contribution in [0.4, 0.5) is 0 Å². The van der Waals surface area contributed by atoms with Gasteiger partial charge in [0.25, 0.3) is 5.91 Å². The van der Waals surface area contributed by atoms with Crippen molar-refractivity contribution in [2.75, 3.05) is 20.3 Å². The molecule has 1 heterocycles. The van der Waals surface area contributed by atoms with Crippen molar-refractivity contribution in [2.45, 2.75) is 52.0 Å². The molecule has 0 bridgehead atoms. The molecule has 7 nitrogen and oxygen atoms in total. The summed E-state index contributed by atoms with van der Waals surface area (Å²) in [6.45, 7) is 3.13. The van der Waals surface area contributed by atoms with Crippen LogP contribution in [-0.4, -0.2) is 41.8 Å². The Morgan fingerprint density at radius 3 is 2.27 bits per heavy atom. The van der Waals surface area contributed by atoms with Crippen LogP contribution < -0.4 is 14.8 Å². The molecule has 9 heteroatoms. The van der Waals surface area contributed by atoms with E-state index >= 15 is 0 Å². The average molecular weight is 688 g/mol. The molecule has 0 aliphatic carbocycles. The molecule has 250 valence electrons. The Hall–Kier alpha value is -4.46. The van der Waals surface area contributed by atoms with E-state index in [0.29, 0.717) is 22.7 Å². The number of carboxylic acids is 1. The van der Waals surface area contributed by atoms with Crippen LogP contribution in [0.2, 0.25) is 10.0 Å². The van der Waals surface area contributed by atoms with Gasteiger partial charge in [-0.05, 0) is 91.1 Å². The van der Waals surface area contributed by atoms with Crippen LogP contribution in [0, 0.1) is 6.92 Å². The summed E-state index contributed by atoms with van der Waals surface area (Å²) in [5.41, 5.74) is 5.95. The normalized spacial score (nSPS) is 11.1. The number of methoxy groups -OCH3 is 1. The summed E-state index contributed by atoms with van der Waals surface area (Å²) in [7, 11) is 1.69. The highest BCUT2D eigenvalue weighted by molar-refractivity contribution is 6.33. The van der Waals surface area contributed by atoms with Gasteiger partial charge in [0, 0.05) is 45.8 Å². The zero-order valence-electron chi connectivity index (χ0n) is 27.2. The number of unbranched alkanes of at least 4 members (excludes halogenated alkanes) is 5. The molecule has 0 aliphatic heterocycles. The molecular formula is C39H40Cl2N2O5. The lowest BCUT2D eigenvalue weighted by Gasteiger charge is -2.15. The molecule has 0 saturated heterocycles. The predicted molar refractivity (Wildman–Crippen MR) is 194 cm³/mol. The van der Waals surface area contributed by atoms with Crippen molar-refractivity contribution in [3.05, 3.63) is 106 Å². The van der Waals surface area contributed by atoms with Gasteiger partial charge in [0.2, 0.25) is 0 Å². The van der Waals surface area contributed by atoms with Crippen molar-refractivity contribution in [2.24, 2.45) is 0 Å². The summed E-state index contributed by atoms with van der Waals surface area (Å²) in [6, 6.07) is 26.8. The number of nitrogens with zero attached hydrogens (tertiary/aromatic N) is 1. The van der Waals surface area contributed by atoms with Crippen LogP contribution in [0.3, 0.4) is 0 Å². The first-order valence-corrected chi connectivity index (χ1v) is 17.0. The second kappa shape index (κ2) is 16.6. The zero-order valence-corrected chi connectivity index (χ0v) is 28.7. The highest BCUT2D eigenvalue weighted by Crippen LogP contribution is 2.39. The van der Waals surface area contributed by atoms with E-state index in [0.717, 1.165) is 67.5 Å². The van der Waals surface area contributed by atoms with Gasteiger partial charge < -0.3 is 24.5 Å². The van der Waals surface area contributed by atoms with Crippen molar-refractivity contribution < 1.29 is 24.2 Å². The molecule has 5 aromatic rings. The molecule has 0 radical (unpaired) electrons. The third-order valence-corrected chi connectivity index (χ3v) is 8.90. The van der Waals surface area contributed by atoms with Gasteiger partial charge in [-0.25, -0.2) is 4.79 Å². The summed E-state index contributed by atoms with van der Waals surface area (Å²) in [6.07, 6.45) is 6.41. The molecule has 0 fully saturated rings. The standard InChI is InChI=1S/C39H40Cl2N2O5/c1-26-19-30-22-33(47-2)15-16-36(30)43(26)18-8-6-4-3-5-7-17-42-39(46)31-23-34(38(35(41)24-31)48-25-37(44)45)29-13-9-11-27(20-29)28-12-10-14-32(40)21-28/h9-16,19-24H,3-8,17-18,25H2,1-2H3,(H,42,46)(H,44,45). The van der Waals surface area contributed by atoms with Crippen LogP contribution in [0.15, 0.2) is 84.9 Å². The maximum atomic E-state index is 13.2. The van der Waals surface area contributed by atoms with E-state index < -0.39 is 12.6 Å². The van der Waals surface area contributed by atoms with Gasteiger partial charge in [-0.15, -0.1) is 0 Å². The molecule has 1 amide bonds. The Bertz CT molecular complexity index is 1900. The van der Waals surface area contributed by atoms with E-state index in [4.69, 9.17) is 32.7 Å². The maximum absolute atomic E-state index is 13.2. The van der Waals surface area contributed by atoms with Gasteiger partial charge >= 0.3 is 5.97 Å². The summed E-state index contributed by atoms with van der Waals surface area (Å²) >= 11 is 12.8. The molecule has 48 heavy (non-hydrogen) atoms. The molecule has 0 spiro atoms. The first-order chi connectivity index (χ1) is 23.2. The summed E-state index contributed by atoms with van der Waals surface area (Å²) in [5, 5.41) is 14.2. The number of fused-ring (bicyclic) bond motifs is 1. The van der Waals surface area contributed by atoms with Crippen molar-refractivity contribution in [3.8, 4) is 33.8 Å². The number of ether oxygens (including phenoxy) is 2. The fourth-order valence-corrected chi connectivity index (χ4v) is 6.43. The topological polar surface area (TPSA) is 89.8 Å². The molecule has 1 aromatic heterocycles. The van der Waals surface area contributed by atoms with E-state index in [-0.39, 0.29) is 16.7 Å². The number of aryl methyl sites for hydroxylation is 2. The van der Waals surface area contributed by atoms with Gasteiger partial charge in [0.1, 0.15) is 11.5 Å². The number of halogens is 2. The van der Waals surface area contributed by atoms with Crippen molar-refractivity contribution in [3.63, 3.8) is 0 Å². The quantitative estimate of drug-likeness (QED) is 0.101. The van der Waals surface area contributed by atoms with Gasteiger partial charge in [0.15, 0.2) is 6.61 Å². The van der Waals surface area contributed by atoms with E-state index in [9.17, 15) is 14.7 Å². The molecular weight excluding hydrogens is 647 g/mol. The Labute approximate surface area is 291 Å².